The van der Waals surface area contributed by atoms with Gasteiger partial charge in [-0.15, -0.1) is 0 Å². The zero-order chi connectivity index (χ0) is 32.2. The molecule has 1 amide bonds. The van der Waals surface area contributed by atoms with Crippen LogP contribution in [0.2, 0.25) is 10.0 Å². The number of carbonyl (C=O) groups is 1. The van der Waals surface area contributed by atoms with E-state index in [2.05, 4.69) is 14.8 Å². The molecule has 1 heterocycles. The van der Waals surface area contributed by atoms with E-state index in [1.807, 2.05) is 4.90 Å². The standard InChI is InChI=1S/C30H28Cl2N4O7S2/c1-42-29-8-3-2-7-25(29)34-45(40,41)23-10-12-28(36-13-15-43-16-14-36)27(19-23)33-30(37)20-5-4-6-22(17-20)44(38,39)35-26-18-21(31)9-11-24(26)32/h2-12,17-19,34-35H,13-16H2,1H3,(H,33,37). The molecule has 1 aliphatic heterocycles. The van der Waals surface area contributed by atoms with E-state index in [-0.39, 0.29) is 42.5 Å². The quantitative estimate of drug-likeness (QED) is 0.193. The maximum atomic E-state index is 13.5. The lowest BCUT2D eigenvalue weighted by Crippen LogP contribution is -2.36. The average Bonchev–Trinajstić information content (AvgIpc) is 3.03. The fraction of sp³-hybridized carbons (Fsp3) is 0.167. The number of nitrogens with one attached hydrogen (secondary N) is 3. The van der Waals surface area contributed by atoms with Crippen molar-refractivity contribution in [3.05, 3.63) is 101 Å². The molecule has 0 aromatic heterocycles. The largest absolute Gasteiger partial charge is 0.495 e. The minimum absolute atomic E-state index is 0.0170. The summed E-state index contributed by atoms with van der Waals surface area (Å²) in [5, 5.41) is 3.20. The molecule has 45 heavy (non-hydrogen) atoms. The van der Waals surface area contributed by atoms with Crippen molar-refractivity contribution < 1.29 is 31.1 Å². The summed E-state index contributed by atoms with van der Waals surface area (Å²) in [6, 6.07) is 20.7. The number of rotatable bonds is 10. The molecule has 1 saturated heterocycles. The molecule has 4 aromatic carbocycles. The number of nitrogens with zero attached hydrogens (tertiary/aromatic N) is 1. The van der Waals surface area contributed by atoms with E-state index in [0.29, 0.717) is 37.7 Å². The number of hydrogen-bond donors (Lipinski definition) is 3. The van der Waals surface area contributed by atoms with Gasteiger partial charge in [-0.3, -0.25) is 14.2 Å². The van der Waals surface area contributed by atoms with Gasteiger partial charge in [-0.1, -0.05) is 41.4 Å². The maximum absolute atomic E-state index is 13.5. The first-order valence-electron chi connectivity index (χ1n) is 13.5. The van der Waals surface area contributed by atoms with Crippen molar-refractivity contribution >= 4 is 71.9 Å². The molecule has 0 atom stereocenters. The van der Waals surface area contributed by atoms with Gasteiger partial charge in [-0.25, -0.2) is 16.8 Å². The van der Waals surface area contributed by atoms with E-state index >= 15 is 0 Å². The fourth-order valence-electron chi connectivity index (χ4n) is 4.57. The second-order valence-electron chi connectivity index (χ2n) is 9.80. The Balaban J connectivity index is 1.45. The number of ether oxygens (including phenoxy) is 2. The monoisotopic (exact) mass is 690 g/mol. The number of morpholine rings is 1. The Hall–Kier alpha value is -4.01. The molecule has 4 aromatic rings. The molecule has 0 radical (unpaired) electrons. The lowest BCUT2D eigenvalue weighted by molar-refractivity contribution is 0.102. The van der Waals surface area contributed by atoms with Crippen molar-refractivity contribution in [2.45, 2.75) is 9.79 Å². The minimum Gasteiger partial charge on any atom is -0.495 e. The highest BCUT2D eigenvalue weighted by Gasteiger charge is 2.23. The summed E-state index contributed by atoms with van der Waals surface area (Å²) in [4.78, 5) is 15.2. The van der Waals surface area contributed by atoms with Gasteiger partial charge in [0.05, 0.1) is 57.9 Å². The summed E-state index contributed by atoms with van der Waals surface area (Å²) in [7, 11) is -6.84. The number of methoxy groups -OCH3 is 1. The Morgan fingerprint density at radius 2 is 1.47 bits per heavy atom. The number of hydrogen-bond acceptors (Lipinski definition) is 8. The average molecular weight is 692 g/mol. The molecule has 15 heteroatoms. The first-order valence-corrected chi connectivity index (χ1v) is 17.2. The van der Waals surface area contributed by atoms with Crippen molar-refractivity contribution in [1.82, 2.24) is 0 Å². The lowest BCUT2D eigenvalue weighted by Gasteiger charge is -2.30. The topological polar surface area (TPSA) is 143 Å². The molecule has 0 saturated carbocycles. The Bertz CT molecular complexity index is 1950. The van der Waals surface area contributed by atoms with Crippen LogP contribution in [-0.2, 0) is 24.8 Å². The lowest BCUT2D eigenvalue weighted by atomic mass is 10.2. The molecular formula is C30H28Cl2N4O7S2. The molecule has 5 rings (SSSR count). The van der Waals surface area contributed by atoms with Crippen LogP contribution < -0.4 is 24.4 Å². The van der Waals surface area contributed by atoms with Crippen LogP contribution in [0.4, 0.5) is 22.7 Å². The van der Waals surface area contributed by atoms with Gasteiger partial charge in [-0.2, -0.15) is 0 Å². The van der Waals surface area contributed by atoms with Crippen molar-refractivity contribution in [2.75, 3.05) is 53.1 Å². The highest BCUT2D eigenvalue weighted by molar-refractivity contribution is 7.93. The van der Waals surface area contributed by atoms with E-state index in [4.69, 9.17) is 32.7 Å². The summed E-state index contributed by atoms with van der Waals surface area (Å²) in [6.07, 6.45) is 0. The first kappa shape index (κ1) is 32.4. The third-order valence-corrected chi connectivity index (χ3v) is 10.1. The smallest absolute Gasteiger partial charge is 0.262 e. The number of anilines is 4. The maximum Gasteiger partial charge on any atom is 0.262 e. The zero-order valence-corrected chi connectivity index (χ0v) is 26.9. The van der Waals surface area contributed by atoms with Gasteiger partial charge in [0, 0.05) is 23.7 Å². The van der Waals surface area contributed by atoms with Crippen LogP contribution in [0.5, 0.6) is 5.75 Å². The number of halogens is 2. The molecule has 0 unspecified atom stereocenters. The Labute approximate surface area is 271 Å². The summed E-state index contributed by atoms with van der Waals surface area (Å²) < 4.78 is 68.8. The van der Waals surface area contributed by atoms with Gasteiger partial charge < -0.3 is 19.7 Å². The molecule has 11 nitrogen and oxygen atoms in total. The van der Waals surface area contributed by atoms with Crippen LogP contribution in [0, 0.1) is 0 Å². The summed E-state index contributed by atoms with van der Waals surface area (Å²) in [5.41, 5.74) is 1.12. The van der Waals surface area contributed by atoms with Gasteiger partial charge >= 0.3 is 0 Å². The minimum atomic E-state index is -4.16. The number of para-hydroxylation sites is 2. The van der Waals surface area contributed by atoms with Crippen LogP contribution in [0.25, 0.3) is 0 Å². The molecule has 1 fully saturated rings. The second-order valence-corrected chi connectivity index (χ2v) is 14.0. The SMILES string of the molecule is COc1ccccc1NS(=O)(=O)c1ccc(N2CCOCC2)c(NC(=O)c2cccc(S(=O)(=O)Nc3cc(Cl)ccc3Cl)c2)c1. The van der Waals surface area contributed by atoms with E-state index in [9.17, 15) is 21.6 Å². The first-order chi connectivity index (χ1) is 21.5. The van der Waals surface area contributed by atoms with Crippen LogP contribution in [0.1, 0.15) is 10.4 Å². The van der Waals surface area contributed by atoms with Gasteiger partial charge in [0.25, 0.3) is 26.0 Å². The van der Waals surface area contributed by atoms with E-state index in [0.717, 1.165) is 0 Å². The van der Waals surface area contributed by atoms with E-state index in [1.54, 1.807) is 30.3 Å². The number of amides is 1. The van der Waals surface area contributed by atoms with Crippen molar-refractivity contribution in [2.24, 2.45) is 0 Å². The molecule has 1 aliphatic rings. The van der Waals surface area contributed by atoms with Crippen molar-refractivity contribution in [3.63, 3.8) is 0 Å². The number of carbonyl (C=O) groups excluding carboxylic acids is 1. The summed E-state index contributed by atoms with van der Waals surface area (Å²) in [5.74, 6) is -0.323. The molecule has 0 aliphatic carbocycles. The molecular weight excluding hydrogens is 663 g/mol. The summed E-state index contributed by atoms with van der Waals surface area (Å²) >= 11 is 12.1. The van der Waals surface area contributed by atoms with Gasteiger partial charge in [0.15, 0.2) is 0 Å². The number of sulfonamides is 2. The van der Waals surface area contributed by atoms with Crippen molar-refractivity contribution in [1.29, 1.82) is 0 Å². The second kappa shape index (κ2) is 13.5. The highest BCUT2D eigenvalue weighted by Crippen LogP contribution is 2.33. The van der Waals surface area contributed by atoms with Crippen LogP contribution in [-0.4, -0.2) is 56.2 Å². The molecule has 0 spiro atoms. The fourth-order valence-corrected chi connectivity index (χ4v) is 7.18. The van der Waals surface area contributed by atoms with Gasteiger partial charge in [0.2, 0.25) is 0 Å². The third kappa shape index (κ3) is 7.63. The molecule has 3 N–H and O–H groups in total. The van der Waals surface area contributed by atoms with Crippen LogP contribution in [0.3, 0.4) is 0 Å². The normalized spacial score (nSPS) is 13.6. The Morgan fingerprint density at radius 1 is 0.778 bits per heavy atom. The summed E-state index contributed by atoms with van der Waals surface area (Å²) in [6.45, 7) is 1.93. The Kier molecular flexibility index (Phi) is 9.75. The van der Waals surface area contributed by atoms with Crippen LogP contribution in [0.15, 0.2) is 94.7 Å². The third-order valence-electron chi connectivity index (χ3n) is 6.81. The predicted molar refractivity (Wildman–Crippen MR) is 175 cm³/mol. The zero-order valence-electron chi connectivity index (χ0n) is 23.8. The highest BCUT2D eigenvalue weighted by atomic mass is 35.5. The molecule has 0 bridgehead atoms. The van der Waals surface area contributed by atoms with Gasteiger partial charge in [-0.05, 0) is 66.7 Å². The van der Waals surface area contributed by atoms with Crippen LogP contribution >= 0.6 is 23.2 Å². The van der Waals surface area contributed by atoms with Gasteiger partial charge in [0.1, 0.15) is 5.75 Å². The predicted octanol–water partition coefficient (Wildman–Crippen LogP) is 5.69. The molecule has 236 valence electrons. The van der Waals surface area contributed by atoms with Crippen molar-refractivity contribution in [3.8, 4) is 5.75 Å². The van der Waals surface area contributed by atoms with E-state index in [1.165, 1.54) is 61.7 Å². The van der Waals surface area contributed by atoms with E-state index < -0.39 is 26.0 Å². The number of benzene rings is 4. The Morgan fingerprint density at radius 3 is 2.20 bits per heavy atom.